The van der Waals surface area contributed by atoms with E-state index in [1.807, 2.05) is 37.3 Å². The number of hydrogen-bond donors (Lipinski definition) is 1. The Kier molecular flexibility index (Phi) is 4.57. The molecule has 1 amide bonds. The van der Waals surface area contributed by atoms with Gasteiger partial charge in [-0.3, -0.25) is 9.59 Å². The predicted octanol–water partition coefficient (Wildman–Crippen LogP) is 4.00. The summed E-state index contributed by atoms with van der Waals surface area (Å²) in [5, 5.41) is 2.92. The van der Waals surface area contributed by atoms with Crippen LogP contribution in [0, 0.1) is 6.92 Å². The van der Waals surface area contributed by atoms with E-state index in [1.165, 1.54) is 0 Å². The maximum Gasteiger partial charge on any atom is 0.252 e. The molecule has 120 valence electrons. The van der Waals surface area contributed by atoms with Gasteiger partial charge in [0, 0.05) is 12.1 Å². The fourth-order valence-electron chi connectivity index (χ4n) is 2.56. The van der Waals surface area contributed by atoms with Crippen molar-refractivity contribution in [1.82, 2.24) is 5.32 Å². The van der Waals surface area contributed by atoms with Crippen LogP contribution < -0.4 is 5.32 Å². The minimum absolute atomic E-state index is 0.184. The molecule has 0 unspecified atom stereocenters. The average molecular weight is 319 g/mol. The van der Waals surface area contributed by atoms with Crippen molar-refractivity contribution in [3.8, 4) is 11.3 Å². The summed E-state index contributed by atoms with van der Waals surface area (Å²) < 4.78 is 5.44. The van der Waals surface area contributed by atoms with Gasteiger partial charge in [0.2, 0.25) is 0 Å². The lowest BCUT2D eigenvalue weighted by Crippen LogP contribution is -2.23. The minimum atomic E-state index is -0.184. The molecule has 1 aromatic heterocycles. The van der Waals surface area contributed by atoms with Crippen LogP contribution in [0.4, 0.5) is 0 Å². The molecule has 0 spiro atoms. The number of hydrogen-bond acceptors (Lipinski definition) is 3. The standard InChI is InChI=1S/C20H17NO3/c1-14-5-4-6-15(11-14)12-21-20(23)18-8-3-2-7-17(18)19-10-9-16(13-22)24-19/h2-11,13H,12H2,1H3,(H,21,23). The van der Waals surface area contributed by atoms with Crippen molar-refractivity contribution in [2.75, 3.05) is 0 Å². The highest BCUT2D eigenvalue weighted by molar-refractivity contribution is 6.00. The molecule has 3 rings (SSSR count). The Morgan fingerprint density at radius 3 is 2.67 bits per heavy atom. The van der Waals surface area contributed by atoms with Crippen molar-refractivity contribution in [3.63, 3.8) is 0 Å². The number of amides is 1. The highest BCUT2D eigenvalue weighted by atomic mass is 16.3. The number of aryl methyl sites for hydroxylation is 1. The minimum Gasteiger partial charge on any atom is -0.453 e. The fraction of sp³-hybridized carbons (Fsp3) is 0.100. The molecule has 0 bridgehead atoms. The second-order valence-corrected chi connectivity index (χ2v) is 5.54. The van der Waals surface area contributed by atoms with Gasteiger partial charge < -0.3 is 9.73 Å². The molecular weight excluding hydrogens is 302 g/mol. The van der Waals surface area contributed by atoms with Gasteiger partial charge in [0.15, 0.2) is 12.0 Å². The number of carbonyl (C=O) groups is 2. The molecule has 3 aromatic rings. The van der Waals surface area contributed by atoms with Crippen molar-refractivity contribution in [3.05, 3.63) is 83.1 Å². The molecule has 24 heavy (non-hydrogen) atoms. The Hall–Kier alpha value is -3.14. The van der Waals surface area contributed by atoms with Gasteiger partial charge >= 0.3 is 0 Å². The van der Waals surface area contributed by atoms with Crippen molar-refractivity contribution in [2.24, 2.45) is 0 Å². The maximum absolute atomic E-state index is 12.6. The molecule has 0 radical (unpaired) electrons. The summed E-state index contributed by atoms with van der Waals surface area (Å²) in [7, 11) is 0. The topological polar surface area (TPSA) is 59.3 Å². The third-order valence-corrected chi connectivity index (χ3v) is 3.72. The van der Waals surface area contributed by atoms with Crippen LogP contribution in [0.1, 0.15) is 32.0 Å². The number of carbonyl (C=O) groups excluding carboxylic acids is 2. The normalized spacial score (nSPS) is 10.4. The van der Waals surface area contributed by atoms with Crippen LogP contribution in [0.15, 0.2) is 65.1 Å². The van der Waals surface area contributed by atoms with E-state index in [-0.39, 0.29) is 11.7 Å². The molecule has 0 atom stereocenters. The molecule has 4 nitrogen and oxygen atoms in total. The van der Waals surface area contributed by atoms with E-state index in [1.54, 1.807) is 30.3 Å². The molecular formula is C20H17NO3. The first kappa shape index (κ1) is 15.7. The third-order valence-electron chi connectivity index (χ3n) is 3.72. The van der Waals surface area contributed by atoms with E-state index < -0.39 is 0 Å². The van der Waals surface area contributed by atoms with Crippen molar-refractivity contribution in [1.29, 1.82) is 0 Å². The van der Waals surface area contributed by atoms with Gasteiger partial charge in [-0.1, -0.05) is 48.0 Å². The molecule has 0 aliphatic carbocycles. The van der Waals surface area contributed by atoms with E-state index in [4.69, 9.17) is 4.42 Å². The number of rotatable bonds is 5. The molecule has 1 heterocycles. The van der Waals surface area contributed by atoms with E-state index in [0.29, 0.717) is 29.7 Å². The van der Waals surface area contributed by atoms with Crippen LogP contribution >= 0.6 is 0 Å². The Labute approximate surface area is 140 Å². The molecule has 2 aromatic carbocycles. The second-order valence-electron chi connectivity index (χ2n) is 5.54. The van der Waals surface area contributed by atoms with E-state index >= 15 is 0 Å². The zero-order valence-electron chi connectivity index (χ0n) is 13.3. The number of aldehydes is 1. The molecule has 0 saturated carbocycles. The van der Waals surface area contributed by atoms with Crippen LogP contribution in [0.2, 0.25) is 0 Å². The van der Waals surface area contributed by atoms with Crippen molar-refractivity contribution < 1.29 is 14.0 Å². The zero-order valence-corrected chi connectivity index (χ0v) is 13.3. The van der Waals surface area contributed by atoms with Gasteiger partial charge in [-0.15, -0.1) is 0 Å². The lowest BCUT2D eigenvalue weighted by atomic mass is 10.0. The molecule has 0 fully saturated rings. The van der Waals surface area contributed by atoms with Gasteiger partial charge in [-0.2, -0.15) is 0 Å². The lowest BCUT2D eigenvalue weighted by Gasteiger charge is -2.09. The summed E-state index contributed by atoms with van der Waals surface area (Å²) >= 11 is 0. The molecule has 4 heteroatoms. The zero-order chi connectivity index (χ0) is 16.9. The van der Waals surface area contributed by atoms with Gasteiger partial charge in [-0.05, 0) is 30.7 Å². The quantitative estimate of drug-likeness (QED) is 0.723. The van der Waals surface area contributed by atoms with Crippen LogP contribution in [0.5, 0.6) is 0 Å². The molecule has 0 aliphatic heterocycles. The summed E-state index contributed by atoms with van der Waals surface area (Å²) in [6.07, 6.45) is 0.643. The Morgan fingerprint density at radius 2 is 1.92 bits per heavy atom. The predicted molar refractivity (Wildman–Crippen MR) is 91.9 cm³/mol. The Balaban J connectivity index is 1.81. The summed E-state index contributed by atoms with van der Waals surface area (Å²) in [6, 6.07) is 18.4. The maximum atomic E-state index is 12.6. The number of furan rings is 1. The monoisotopic (exact) mass is 319 g/mol. The fourth-order valence-corrected chi connectivity index (χ4v) is 2.56. The SMILES string of the molecule is Cc1cccc(CNC(=O)c2ccccc2-c2ccc(C=O)o2)c1. The summed E-state index contributed by atoms with van der Waals surface area (Å²) in [6.45, 7) is 2.47. The summed E-state index contributed by atoms with van der Waals surface area (Å²) in [4.78, 5) is 23.3. The van der Waals surface area contributed by atoms with Gasteiger partial charge in [-0.25, -0.2) is 0 Å². The second kappa shape index (κ2) is 6.96. The van der Waals surface area contributed by atoms with Gasteiger partial charge in [0.05, 0.1) is 5.56 Å². The van der Waals surface area contributed by atoms with E-state index in [2.05, 4.69) is 5.32 Å². The van der Waals surface area contributed by atoms with E-state index in [9.17, 15) is 9.59 Å². The smallest absolute Gasteiger partial charge is 0.252 e. The molecule has 0 saturated heterocycles. The van der Waals surface area contributed by atoms with Crippen LogP contribution in [-0.2, 0) is 6.54 Å². The first-order valence-corrected chi connectivity index (χ1v) is 7.65. The van der Waals surface area contributed by atoms with Crippen LogP contribution in [0.3, 0.4) is 0 Å². The molecule has 0 aliphatic rings. The first-order chi connectivity index (χ1) is 11.7. The summed E-state index contributed by atoms with van der Waals surface area (Å²) in [5.41, 5.74) is 3.37. The Morgan fingerprint density at radius 1 is 1.08 bits per heavy atom. The summed E-state index contributed by atoms with van der Waals surface area (Å²) in [5.74, 6) is 0.550. The van der Waals surface area contributed by atoms with E-state index in [0.717, 1.165) is 11.1 Å². The molecule has 1 N–H and O–H groups in total. The Bertz CT molecular complexity index is 880. The number of benzene rings is 2. The highest BCUT2D eigenvalue weighted by Gasteiger charge is 2.14. The van der Waals surface area contributed by atoms with Crippen LogP contribution in [-0.4, -0.2) is 12.2 Å². The number of nitrogens with one attached hydrogen (secondary N) is 1. The van der Waals surface area contributed by atoms with Crippen LogP contribution in [0.25, 0.3) is 11.3 Å². The van der Waals surface area contributed by atoms with Gasteiger partial charge in [0.1, 0.15) is 5.76 Å². The third kappa shape index (κ3) is 3.43. The van der Waals surface area contributed by atoms with Crippen molar-refractivity contribution in [2.45, 2.75) is 13.5 Å². The lowest BCUT2D eigenvalue weighted by molar-refractivity contribution is 0.0951. The highest BCUT2D eigenvalue weighted by Crippen LogP contribution is 2.25. The first-order valence-electron chi connectivity index (χ1n) is 7.65. The van der Waals surface area contributed by atoms with Crippen molar-refractivity contribution >= 4 is 12.2 Å². The van der Waals surface area contributed by atoms with Gasteiger partial charge in [0.25, 0.3) is 5.91 Å². The largest absolute Gasteiger partial charge is 0.453 e. The average Bonchev–Trinajstić information content (AvgIpc) is 3.09.